The summed E-state index contributed by atoms with van der Waals surface area (Å²) in [5, 5.41) is 26.2. The molecular weight excluding hydrogens is 240 g/mol. The first-order chi connectivity index (χ1) is 9.24. The second kappa shape index (κ2) is 14.3. The Hall–Kier alpha value is -0.120. The van der Waals surface area contributed by atoms with Crippen LogP contribution in [0.2, 0.25) is 0 Å². The van der Waals surface area contributed by atoms with Crippen molar-refractivity contribution in [1.29, 1.82) is 0 Å². The quantitative estimate of drug-likeness (QED) is 0.566. The van der Waals surface area contributed by atoms with Crippen molar-refractivity contribution in [2.45, 2.75) is 83.7 Å². The van der Waals surface area contributed by atoms with Crippen LogP contribution in [0.25, 0.3) is 0 Å². The van der Waals surface area contributed by atoms with Gasteiger partial charge in [-0.3, -0.25) is 0 Å². The van der Waals surface area contributed by atoms with Crippen LogP contribution < -0.4 is 0 Å². The molecule has 0 heterocycles. The smallest absolute Gasteiger partial charge is 0.0540 e. The van der Waals surface area contributed by atoms with Crippen molar-refractivity contribution in [3.05, 3.63) is 0 Å². The predicted octanol–water partition coefficient (Wildman–Crippen LogP) is 3.26. The van der Waals surface area contributed by atoms with Crippen molar-refractivity contribution in [2.24, 2.45) is 5.92 Å². The van der Waals surface area contributed by atoms with Crippen LogP contribution in [-0.2, 0) is 0 Å². The van der Waals surface area contributed by atoms with Gasteiger partial charge in [0.2, 0.25) is 0 Å². The number of hydrogen-bond acceptors (Lipinski definition) is 3. The molecule has 1 fully saturated rings. The summed E-state index contributed by atoms with van der Waals surface area (Å²) in [6.45, 7) is 2.54. The molecule has 1 aliphatic carbocycles. The lowest BCUT2D eigenvalue weighted by Crippen LogP contribution is -2.08. The third-order valence-corrected chi connectivity index (χ3v) is 3.80. The molecule has 0 amide bonds. The molecule has 3 N–H and O–H groups in total. The highest BCUT2D eigenvalue weighted by molar-refractivity contribution is 4.69. The Morgan fingerprint density at radius 2 is 1.58 bits per heavy atom. The minimum atomic E-state index is -0.0932. The molecule has 0 aromatic heterocycles. The van der Waals surface area contributed by atoms with Crippen LogP contribution in [0.1, 0.15) is 77.6 Å². The van der Waals surface area contributed by atoms with E-state index in [0.717, 1.165) is 44.4 Å². The fraction of sp³-hybridized carbons (Fsp3) is 1.00. The Bertz CT molecular complexity index is 165. The molecule has 116 valence electrons. The summed E-state index contributed by atoms with van der Waals surface area (Å²) in [6.07, 6.45) is 12.5. The summed E-state index contributed by atoms with van der Waals surface area (Å²) in [5.41, 5.74) is 0. The second-order valence-electron chi connectivity index (χ2n) is 5.68. The third kappa shape index (κ3) is 12.6. The van der Waals surface area contributed by atoms with Crippen LogP contribution in [0.4, 0.5) is 0 Å². The molecule has 19 heavy (non-hydrogen) atoms. The van der Waals surface area contributed by atoms with Gasteiger partial charge in [0.15, 0.2) is 0 Å². The summed E-state index contributed by atoms with van der Waals surface area (Å²) < 4.78 is 0. The van der Waals surface area contributed by atoms with Gasteiger partial charge in [0.25, 0.3) is 0 Å². The largest absolute Gasteiger partial charge is 0.396 e. The van der Waals surface area contributed by atoms with E-state index in [4.69, 9.17) is 10.2 Å². The van der Waals surface area contributed by atoms with Gasteiger partial charge in [0.1, 0.15) is 0 Å². The van der Waals surface area contributed by atoms with Gasteiger partial charge in [-0.25, -0.2) is 0 Å². The summed E-state index contributed by atoms with van der Waals surface area (Å²) in [6, 6.07) is 0. The van der Waals surface area contributed by atoms with E-state index < -0.39 is 0 Å². The lowest BCUT2D eigenvalue weighted by molar-refractivity contribution is 0.140. The summed E-state index contributed by atoms with van der Waals surface area (Å²) >= 11 is 0. The number of aliphatic hydroxyl groups excluding tert-OH is 3. The van der Waals surface area contributed by atoms with Crippen molar-refractivity contribution in [3.8, 4) is 0 Å². The van der Waals surface area contributed by atoms with Crippen LogP contribution in [0.15, 0.2) is 0 Å². The lowest BCUT2D eigenvalue weighted by atomic mass is 9.97. The first kappa shape index (κ1) is 18.9. The highest BCUT2D eigenvalue weighted by Crippen LogP contribution is 2.29. The van der Waals surface area contributed by atoms with E-state index in [1.807, 2.05) is 6.92 Å². The van der Waals surface area contributed by atoms with Crippen LogP contribution in [0, 0.1) is 5.92 Å². The molecule has 0 aliphatic heterocycles. The standard InChI is InChI=1S/C13H26O2.C3H8O/c14-11-5-1-2-8-13(15)10-9-12-6-3-4-7-12;1-2-3-4/h12-15H,1-11H2;4H,2-3H2,1H3. The fourth-order valence-electron chi connectivity index (χ4n) is 2.54. The van der Waals surface area contributed by atoms with Crippen molar-refractivity contribution >= 4 is 0 Å². The van der Waals surface area contributed by atoms with E-state index in [1.54, 1.807) is 0 Å². The van der Waals surface area contributed by atoms with E-state index in [0.29, 0.717) is 6.61 Å². The molecule has 1 rings (SSSR count). The predicted molar refractivity (Wildman–Crippen MR) is 80.1 cm³/mol. The number of hydrogen-bond donors (Lipinski definition) is 3. The second-order valence-corrected chi connectivity index (χ2v) is 5.68. The van der Waals surface area contributed by atoms with E-state index in [1.165, 1.54) is 32.1 Å². The first-order valence-electron chi connectivity index (χ1n) is 8.14. The fourth-order valence-corrected chi connectivity index (χ4v) is 2.54. The lowest BCUT2D eigenvalue weighted by Gasteiger charge is -2.13. The number of aliphatic hydroxyl groups is 3. The number of rotatable bonds is 9. The van der Waals surface area contributed by atoms with Crippen molar-refractivity contribution in [2.75, 3.05) is 13.2 Å². The maximum atomic E-state index is 9.75. The van der Waals surface area contributed by atoms with Gasteiger partial charge in [-0.1, -0.05) is 45.4 Å². The molecule has 3 heteroatoms. The molecule has 0 aromatic rings. The molecule has 0 radical (unpaired) electrons. The summed E-state index contributed by atoms with van der Waals surface area (Å²) in [7, 11) is 0. The average molecular weight is 274 g/mol. The molecule has 3 nitrogen and oxygen atoms in total. The molecular formula is C16H34O3. The van der Waals surface area contributed by atoms with E-state index in [-0.39, 0.29) is 12.7 Å². The molecule has 0 aromatic carbocycles. The summed E-state index contributed by atoms with van der Waals surface area (Å²) in [4.78, 5) is 0. The highest BCUT2D eigenvalue weighted by atomic mass is 16.3. The van der Waals surface area contributed by atoms with E-state index in [2.05, 4.69) is 0 Å². The first-order valence-corrected chi connectivity index (χ1v) is 8.14. The normalized spacial score (nSPS) is 17.1. The summed E-state index contributed by atoms with van der Waals surface area (Å²) in [5.74, 6) is 0.900. The van der Waals surface area contributed by atoms with Crippen molar-refractivity contribution < 1.29 is 15.3 Å². The van der Waals surface area contributed by atoms with Crippen molar-refractivity contribution in [1.82, 2.24) is 0 Å². The zero-order valence-corrected chi connectivity index (χ0v) is 12.7. The van der Waals surface area contributed by atoms with Gasteiger partial charge in [-0.2, -0.15) is 0 Å². The van der Waals surface area contributed by atoms with Crippen LogP contribution in [0.3, 0.4) is 0 Å². The van der Waals surface area contributed by atoms with Crippen LogP contribution in [0.5, 0.6) is 0 Å². The molecule has 0 spiro atoms. The average Bonchev–Trinajstić information content (AvgIpc) is 2.95. The Labute approximate surface area is 119 Å². The zero-order chi connectivity index (χ0) is 14.3. The van der Waals surface area contributed by atoms with Gasteiger partial charge < -0.3 is 15.3 Å². The molecule has 1 aliphatic rings. The Kier molecular flexibility index (Phi) is 14.2. The van der Waals surface area contributed by atoms with Gasteiger partial charge in [0.05, 0.1) is 6.10 Å². The van der Waals surface area contributed by atoms with E-state index >= 15 is 0 Å². The molecule has 0 saturated heterocycles. The minimum Gasteiger partial charge on any atom is -0.396 e. The Balaban J connectivity index is 0.000000711. The van der Waals surface area contributed by atoms with E-state index in [9.17, 15) is 5.11 Å². The molecule has 1 atom stereocenters. The SMILES string of the molecule is CCCO.OCCCCCC(O)CCC1CCCC1. The van der Waals surface area contributed by atoms with Crippen molar-refractivity contribution in [3.63, 3.8) is 0 Å². The maximum absolute atomic E-state index is 9.75. The van der Waals surface area contributed by atoms with Gasteiger partial charge in [0, 0.05) is 13.2 Å². The highest BCUT2D eigenvalue weighted by Gasteiger charge is 2.16. The van der Waals surface area contributed by atoms with Gasteiger partial charge >= 0.3 is 0 Å². The Morgan fingerprint density at radius 1 is 0.947 bits per heavy atom. The number of unbranched alkanes of at least 4 members (excludes halogenated alkanes) is 2. The maximum Gasteiger partial charge on any atom is 0.0540 e. The topological polar surface area (TPSA) is 60.7 Å². The zero-order valence-electron chi connectivity index (χ0n) is 12.7. The van der Waals surface area contributed by atoms with Crippen LogP contribution in [-0.4, -0.2) is 34.6 Å². The third-order valence-electron chi connectivity index (χ3n) is 3.80. The minimum absolute atomic E-state index is 0.0932. The molecule has 0 bridgehead atoms. The Morgan fingerprint density at radius 3 is 2.11 bits per heavy atom. The monoisotopic (exact) mass is 274 g/mol. The molecule has 1 saturated carbocycles. The van der Waals surface area contributed by atoms with Crippen LogP contribution >= 0.6 is 0 Å². The van der Waals surface area contributed by atoms with Gasteiger partial charge in [-0.15, -0.1) is 0 Å². The molecule has 1 unspecified atom stereocenters. The van der Waals surface area contributed by atoms with Gasteiger partial charge in [-0.05, 0) is 38.0 Å².